The third kappa shape index (κ3) is 2.88. The molecule has 0 aromatic heterocycles. The Kier molecular flexibility index (Phi) is 3.76. The zero-order valence-corrected chi connectivity index (χ0v) is 10.6. The van der Waals surface area contributed by atoms with Crippen molar-refractivity contribution in [2.45, 2.75) is 13.3 Å². The number of benzene rings is 2. The summed E-state index contributed by atoms with van der Waals surface area (Å²) in [4.78, 5) is 23.1. The molecule has 0 atom stereocenters. The minimum atomic E-state index is -1.03. The van der Waals surface area contributed by atoms with Gasteiger partial charge in [-0.05, 0) is 24.1 Å². The van der Waals surface area contributed by atoms with Gasteiger partial charge < -0.3 is 5.11 Å². The first-order chi connectivity index (χ1) is 9.11. The Balaban J connectivity index is 2.32. The number of carbonyl (C=O) groups is 2. The fraction of sp³-hybridized carbons (Fsp3) is 0.125. The Morgan fingerprint density at radius 2 is 1.58 bits per heavy atom. The van der Waals surface area contributed by atoms with Crippen molar-refractivity contribution in [3.8, 4) is 0 Å². The highest BCUT2D eigenvalue weighted by Crippen LogP contribution is 2.13. The van der Waals surface area contributed by atoms with Gasteiger partial charge in [0.1, 0.15) is 0 Å². The van der Waals surface area contributed by atoms with Crippen molar-refractivity contribution in [2.24, 2.45) is 0 Å². The van der Waals surface area contributed by atoms with Crippen LogP contribution < -0.4 is 0 Å². The van der Waals surface area contributed by atoms with E-state index in [9.17, 15) is 9.59 Å². The molecule has 3 heteroatoms. The van der Waals surface area contributed by atoms with Crippen LogP contribution in [0, 0.1) is 0 Å². The molecule has 96 valence electrons. The molecular weight excluding hydrogens is 240 g/mol. The topological polar surface area (TPSA) is 54.4 Å². The van der Waals surface area contributed by atoms with E-state index in [4.69, 9.17) is 5.11 Å². The SMILES string of the molecule is CCc1ccc(C(=O)c2cccc(C(=O)O)c2)cc1. The van der Waals surface area contributed by atoms with E-state index in [1.165, 1.54) is 12.1 Å². The summed E-state index contributed by atoms with van der Waals surface area (Å²) in [5, 5.41) is 8.92. The maximum absolute atomic E-state index is 12.2. The van der Waals surface area contributed by atoms with Crippen molar-refractivity contribution in [1.29, 1.82) is 0 Å². The highest BCUT2D eigenvalue weighted by atomic mass is 16.4. The minimum Gasteiger partial charge on any atom is -0.478 e. The lowest BCUT2D eigenvalue weighted by atomic mass is 10.00. The molecule has 2 aromatic carbocycles. The van der Waals surface area contributed by atoms with Crippen LogP contribution in [0.3, 0.4) is 0 Å². The molecule has 0 heterocycles. The Labute approximate surface area is 111 Å². The molecule has 3 nitrogen and oxygen atoms in total. The molecule has 2 aromatic rings. The fourth-order valence-electron chi connectivity index (χ4n) is 1.85. The zero-order valence-electron chi connectivity index (χ0n) is 10.6. The number of carboxylic acids is 1. The summed E-state index contributed by atoms with van der Waals surface area (Å²) in [6.45, 7) is 2.05. The second kappa shape index (κ2) is 5.48. The average molecular weight is 254 g/mol. The van der Waals surface area contributed by atoms with Crippen molar-refractivity contribution >= 4 is 11.8 Å². The predicted octanol–water partition coefficient (Wildman–Crippen LogP) is 3.18. The summed E-state index contributed by atoms with van der Waals surface area (Å²) < 4.78 is 0. The first-order valence-corrected chi connectivity index (χ1v) is 6.09. The lowest BCUT2D eigenvalue weighted by molar-refractivity contribution is 0.0697. The summed E-state index contributed by atoms with van der Waals surface area (Å²) in [6.07, 6.45) is 0.920. The van der Waals surface area contributed by atoms with Gasteiger partial charge in [0.25, 0.3) is 0 Å². The summed E-state index contributed by atoms with van der Waals surface area (Å²) in [5.74, 6) is -1.19. The van der Waals surface area contributed by atoms with E-state index in [0.717, 1.165) is 12.0 Å². The summed E-state index contributed by atoms with van der Waals surface area (Å²) in [5.41, 5.74) is 2.25. The van der Waals surface area contributed by atoms with E-state index in [0.29, 0.717) is 11.1 Å². The molecule has 2 rings (SSSR count). The maximum atomic E-state index is 12.2. The zero-order chi connectivity index (χ0) is 13.8. The minimum absolute atomic E-state index is 0.121. The molecule has 0 radical (unpaired) electrons. The summed E-state index contributed by atoms with van der Waals surface area (Å²) in [7, 11) is 0. The van der Waals surface area contributed by atoms with E-state index in [-0.39, 0.29) is 11.3 Å². The van der Waals surface area contributed by atoms with Crippen LogP contribution in [0.5, 0.6) is 0 Å². The molecule has 0 amide bonds. The van der Waals surface area contributed by atoms with Gasteiger partial charge in [0, 0.05) is 11.1 Å². The molecule has 0 aliphatic heterocycles. The Bertz CT molecular complexity index is 612. The second-order valence-electron chi connectivity index (χ2n) is 4.27. The summed E-state index contributed by atoms with van der Waals surface area (Å²) in [6, 6.07) is 13.4. The van der Waals surface area contributed by atoms with Crippen molar-refractivity contribution in [2.75, 3.05) is 0 Å². The third-order valence-corrected chi connectivity index (χ3v) is 3.00. The highest BCUT2D eigenvalue weighted by Gasteiger charge is 2.11. The van der Waals surface area contributed by atoms with Crippen LogP contribution in [0.25, 0.3) is 0 Å². The molecule has 0 saturated carbocycles. The van der Waals surface area contributed by atoms with Crippen molar-refractivity contribution in [3.63, 3.8) is 0 Å². The van der Waals surface area contributed by atoms with Gasteiger partial charge in [-0.15, -0.1) is 0 Å². The molecule has 0 bridgehead atoms. The number of aromatic carboxylic acids is 1. The maximum Gasteiger partial charge on any atom is 0.335 e. The lowest BCUT2D eigenvalue weighted by Crippen LogP contribution is -2.04. The van der Waals surface area contributed by atoms with Crippen LogP contribution in [0.15, 0.2) is 48.5 Å². The van der Waals surface area contributed by atoms with Crippen LogP contribution in [0.2, 0.25) is 0 Å². The Morgan fingerprint density at radius 1 is 0.947 bits per heavy atom. The molecule has 0 aliphatic carbocycles. The van der Waals surface area contributed by atoms with E-state index in [1.807, 2.05) is 19.1 Å². The average Bonchev–Trinajstić information content (AvgIpc) is 2.46. The number of ketones is 1. The van der Waals surface area contributed by atoms with E-state index >= 15 is 0 Å². The molecular formula is C16H14O3. The first-order valence-electron chi connectivity index (χ1n) is 6.09. The number of hydrogen-bond donors (Lipinski definition) is 1. The number of carbonyl (C=O) groups excluding carboxylic acids is 1. The Hall–Kier alpha value is -2.42. The largest absolute Gasteiger partial charge is 0.478 e. The number of aryl methyl sites for hydroxylation is 1. The number of hydrogen-bond acceptors (Lipinski definition) is 2. The molecule has 1 N–H and O–H groups in total. The van der Waals surface area contributed by atoms with Crippen LogP contribution in [0.1, 0.15) is 38.8 Å². The molecule has 0 saturated heterocycles. The van der Waals surface area contributed by atoms with Crippen molar-refractivity contribution < 1.29 is 14.7 Å². The quantitative estimate of drug-likeness (QED) is 0.852. The lowest BCUT2D eigenvalue weighted by Gasteiger charge is -2.03. The van der Waals surface area contributed by atoms with Gasteiger partial charge in [-0.25, -0.2) is 4.79 Å². The molecule has 0 fully saturated rings. The van der Waals surface area contributed by atoms with Gasteiger partial charge >= 0.3 is 5.97 Å². The molecule has 0 aliphatic rings. The smallest absolute Gasteiger partial charge is 0.335 e. The first kappa shape index (κ1) is 13.0. The number of carboxylic acid groups (broad SMARTS) is 1. The normalized spacial score (nSPS) is 10.2. The van der Waals surface area contributed by atoms with Crippen LogP contribution in [-0.4, -0.2) is 16.9 Å². The molecule has 0 unspecified atom stereocenters. The monoisotopic (exact) mass is 254 g/mol. The number of rotatable bonds is 4. The van der Waals surface area contributed by atoms with Gasteiger partial charge in [-0.3, -0.25) is 4.79 Å². The van der Waals surface area contributed by atoms with E-state index < -0.39 is 5.97 Å². The fourth-order valence-corrected chi connectivity index (χ4v) is 1.85. The third-order valence-electron chi connectivity index (χ3n) is 3.00. The van der Waals surface area contributed by atoms with Crippen LogP contribution >= 0.6 is 0 Å². The van der Waals surface area contributed by atoms with Crippen LogP contribution in [0.4, 0.5) is 0 Å². The second-order valence-corrected chi connectivity index (χ2v) is 4.27. The van der Waals surface area contributed by atoms with Crippen molar-refractivity contribution in [3.05, 3.63) is 70.8 Å². The van der Waals surface area contributed by atoms with Gasteiger partial charge in [0.05, 0.1) is 5.56 Å². The van der Waals surface area contributed by atoms with Gasteiger partial charge in [0.2, 0.25) is 0 Å². The Morgan fingerprint density at radius 3 is 2.16 bits per heavy atom. The predicted molar refractivity (Wildman–Crippen MR) is 72.7 cm³/mol. The standard InChI is InChI=1S/C16H14O3/c1-2-11-6-8-12(9-7-11)15(17)13-4-3-5-14(10-13)16(18)19/h3-10H,2H2,1H3,(H,18,19). The summed E-state index contributed by atoms with van der Waals surface area (Å²) >= 11 is 0. The highest BCUT2D eigenvalue weighted by molar-refractivity contribution is 6.09. The van der Waals surface area contributed by atoms with Crippen molar-refractivity contribution in [1.82, 2.24) is 0 Å². The van der Waals surface area contributed by atoms with Gasteiger partial charge in [0.15, 0.2) is 5.78 Å². The molecule has 19 heavy (non-hydrogen) atoms. The van der Waals surface area contributed by atoms with Crippen LogP contribution in [-0.2, 0) is 6.42 Å². The molecule has 0 spiro atoms. The van der Waals surface area contributed by atoms with E-state index in [2.05, 4.69) is 0 Å². The van der Waals surface area contributed by atoms with E-state index in [1.54, 1.807) is 24.3 Å². The van der Waals surface area contributed by atoms with Gasteiger partial charge in [-0.1, -0.05) is 43.3 Å². The van der Waals surface area contributed by atoms with Gasteiger partial charge in [-0.2, -0.15) is 0 Å².